The lowest BCUT2D eigenvalue weighted by Crippen LogP contribution is -2.60. The van der Waals surface area contributed by atoms with E-state index in [1.165, 1.54) is 40.3 Å². The van der Waals surface area contributed by atoms with Crippen LogP contribution in [0.25, 0.3) is 0 Å². The van der Waals surface area contributed by atoms with E-state index in [0.29, 0.717) is 62.6 Å². The van der Waals surface area contributed by atoms with E-state index in [9.17, 15) is 61.2 Å². The number of imide groups is 1. The van der Waals surface area contributed by atoms with Crippen molar-refractivity contribution >= 4 is 105 Å². The van der Waals surface area contributed by atoms with E-state index in [2.05, 4.69) is 51.9 Å². The van der Waals surface area contributed by atoms with Crippen molar-refractivity contribution in [3.63, 3.8) is 0 Å². The van der Waals surface area contributed by atoms with Crippen molar-refractivity contribution in [2.45, 2.75) is 212 Å². The number of rotatable bonds is 58. The van der Waals surface area contributed by atoms with Gasteiger partial charge in [0.1, 0.15) is 48.1 Å². The van der Waals surface area contributed by atoms with E-state index in [1.54, 1.807) is 81.6 Å². The van der Waals surface area contributed by atoms with Crippen LogP contribution in [0.15, 0.2) is 78.5 Å². The minimum atomic E-state index is -4.36. The number of methoxy groups -OCH3 is 2. The van der Waals surface area contributed by atoms with Gasteiger partial charge in [-0.1, -0.05) is 96.5 Å². The lowest BCUT2D eigenvalue weighted by Gasteiger charge is -2.41. The third-order valence-corrected chi connectivity index (χ3v) is 24.9. The van der Waals surface area contributed by atoms with E-state index in [1.807, 2.05) is 49.6 Å². The van der Waals surface area contributed by atoms with Crippen molar-refractivity contribution in [3.05, 3.63) is 106 Å². The van der Waals surface area contributed by atoms with Crippen LogP contribution in [0.3, 0.4) is 0 Å². The molecule has 2 bridgehead atoms. The number of carbonyl (C=O) groups is 13. The van der Waals surface area contributed by atoms with Crippen LogP contribution in [0.1, 0.15) is 153 Å². The number of carbonyl (C=O) groups excluding carboxylic acids is 12. The van der Waals surface area contributed by atoms with Gasteiger partial charge in [-0.3, -0.25) is 57.7 Å². The van der Waals surface area contributed by atoms with Gasteiger partial charge in [0, 0.05) is 82.8 Å². The molecule has 3 fully saturated rings. The van der Waals surface area contributed by atoms with Crippen LogP contribution in [0, 0.1) is 29.6 Å². The quantitative estimate of drug-likeness (QED) is 0.0223. The second-order valence-electron chi connectivity index (χ2n) is 32.9. The first-order chi connectivity index (χ1) is 62.2. The second-order valence-corrected chi connectivity index (χ2v) is 35.4. The second kappa shape index (κ2) is 53.0. The summed E-state index contributed by atoms with van der Waals surface area (Å²) in [5.41, 5.74) is 7.56. The van der Waals surface area contributed by atoms with Crippen molar-refractivity contribution in [2.75, 3.05) is 112 Å². The number of likely N-dealkylation sites (tertiary alicyclic amines) is 2. The standard InChI is InChI=1S/C86H127N17O25S2/c1-11-55(6)75(67(120-9)48-71(107)101-32-16-20-66(101)77(121-10)56(7)78(110)93-65(82-88-31-44-129-82)45-57-17-13-12-14-18-57)99(8)83(114)74(54(4)5)95-81(113)76-58-22-24-63(47-58)103(76)86(117)128-51-59-21-23-61(91-79(111)64(19-15-29-89-84(87)115)92-80(112)73(53(2)3)94-68(104)27-35-122-38-34-102-69(105)25-26-70(102)106)46-60(59)50-126-52-62-49-100(98-96-62)33-39-127-85(116)97-130(118,119)90-30-37-124-41-43-125-42-40-123-36-28-72(108)109/h12-14,17-18,21,23,25-26,31,44,46,49,53-56,58,63-67,73-77,90H,11,15-16,19-20,22,24,27-30,32-43,45,47-48,50-52H2,1-10H3,(H,91,111)(H,92,112)(H,93,110)(H,94,104)(H,95,113)(H,97,116)(H,108,109)(H3,87,89,115)/t55-,56+,58-,63+,64-,65-,66-,67+,73-,74-,75-,76-,77+/m0/s1. The highest BCUT2D eigenvalue weighted by Crippen LogP contribution is 2.43. The molecule has 4 aromatic rings. The largest absolute Gasteiger partial charge is 0.481 e. The molecule has 13 amide bonds. The normalized spacial score (nSPS) is 18.0. The van der Waals surface area contributed by atoms with Gasteiger partial charge in [-0.05, 0) is 104 Å². The summed E-state index contributed by atoms with van der Waals surface area (Å²) in [6.45, 7) is 12.1. The Labute approximate surface area is 760 Å². The molecule has 3 aliphatic heterocycles. The number of aliphatic carboxylic acids is 1. The van der Waals surface area contributed by atoms with Crippen LogP contribution in [0.4, 0.5) is 20.1 Å². The van der Waals surface area contributed by atoms with Crippen LogP contribution in [-0.4, -0.2) is 292 Å². The first-order valence-electron chi connectivity index (χ1n) is 43.8. The number of urea groups is 1. The Morgan fingerprint density at radius 1 is 0.723 bits per heavy atom. The van der Waals surface area contributed by atoms with Crippen LogP contribution in [0.5, 0.6) is 0 Å². The summed E-state index contributed by atoms with van der Waals surface area (Å²) in [6, 6.07) is 7.07. The van der Waals surface area contributed by atoms with Crippen molar-refractivity contribution in [3.8, 4) is 0 Å². The molecule has 0 radical (unpaired) electrons. The summed E-state index contributed by atoms with van der Waals surface area (Å²) < 4.78 is 81.3. The first kappa shape index (κ1) is 105. The fourth-order valence-electron chi connectivity index (χ4n) is 16.1. The molecule has 44 heteroatoms. The van der Waals surface area contributed by atoms with Crippen LogP contribution in [0.2, 0.25) is 0 Å². The Balaban J connectivity index is 0.925. The van der Waals surface area contributed by atoms with Crippen LogP contribution in [-0.2, 0) is 134 Å². The van der Waals surface area contributed by atoms with Crippen LogP contribution >= 0.6 is 11.3 Å². The zero-order chi connectivity index (χ0) is 94.6. The maximum atomic E-state index is 15.3. The Morgan fingerprint density at radius 3 is 2.09 bits per heavy atom. The smallest absolute Gasteiger partial charge is 0.421 e. The zero-order valence-electron chi connectivity index (χ0n) is 75.4. The first-order valence-corrected chi connectivity index (χ1v) is 46.2. The molecular formula is C86H127N17O25S2. The Bertz CT molecular complexity index is 4530. The molecule has 11 N–H and O–H groups in total. The van der Waals surface area contributed by atoms with Gasteiger partial charge in [-0.2, -0.15) is 13.1 Å². The van der Waals surface area contributed by atoms with E-state index >= 15 is 9.59 Å². The highest BCUT2D eigenvalue weighted by atomic mass is 32.2. The molecule has 1 saturated carbocycles. The minimum Gasteiger partial charge on any atom is -0.481 e. The molecule has 8 rings (SSSR count). The molecule has 2 saturated heterocycles. The molecule has 5 heterocycles. The number of ether oxygens (including phenoxy) is 9. The van der Waals surface area contributed by atoms with Gasteiger partial charge >= 0.3 is 34.4 Å². The number of primary amides is 1. The van der Waals surface area contributed by atoms with E-state index < -0.39 is 161 Å². The average Bonchev–Trinajstić information content (AvgIpc) is 1.60. The van der Waals surface area contributed by atoms with Crippen molar-refractivity contribution in [1.29, 1.82) is 0 Å². The third-order valence-electron chi connectivity index (χ3n) is 23.0. The van der Waals surface area contributed by atoms with Crippen molar-refractivity contribution < 1.29 is 118 Å². The molecule has 4 aliphatic rings. The maximum absolute atomic E-state index is 15.3. The monoisotopic (exact) mass is 1860 g/mol. The highest BCUT2D eigenvalue weighted by molar-refractivity contribution is 7.88. The van der Waals surface area contributed by atoms with Gasteiger partial charge < -0.3 is 95.2 Å². The number of hydrogen-bond donors (Lipinski definition) is 10. The van der Waals surface area contributed by atoms with Crippen molar-refractivity contribution in [2.24, 2.45) is 35.3 Å². The van der Waals surface area contributed by atoms with Gasteiger partial charge in [-0.15, -0.1) is 16.4 Å². The number of amides is 13. The number of carboxylic acids is 1. The Morgan fingerprint density at radius 2 is 1.42 bits per heavy atom. The Kier molecular flexibility index (Phi) is 42.6. The summed E-state index contributed by atoms with van der Waals surface area (Å²) >= 11 is 1.45. The fourth-order valence-corrected chi connectivity index (χ4v) is 17.5. The average molecular weight is 1860 g/mol. The molecular weight excluding hydrogens is 1740 g/mol. The number of anilines is 1. The number of aromatic nitrogens is 4. The molecule has 130 heavy (non-hydrogen) atoms. The summed E-state index contributed by atoms with van der Waals surface area (Å²) in [5, 5.41) is 36.5. The zero-order valence-corrected chi connectivity index (χ0v) is 77.0. The third kappa shape index (κ3) is 32.4. The molecule has 1 aliphatic carbocycles. The summed E-state index contributed by atoms with van der Waals surface area (Å²) in [4.78, 5) is 185. The molecule has 718 valence electrons. The molecule has 42 nitrogen and oxygen atoms in total. The number of thiazole rings is 1. The molecule has 13 atom stereocenters. The number of hydrogen-bond acceptors (Lipinski definition) is 28. The van der Waals surface area contributed by atoms with Gasteiger partial charge in [0.15, 0.2) is 0 Å². The fraction of sp³-hybridized carbons (Fsp3) is 0.628. The predicted molar refractivity (Wildman–Crippen MR) is 469 cm³/mol. The minimum absolute atomic E-state index is 0.0167. The molecule has 2 aromatic heterocycles. The number of nitrogens with two attached hydrogens (primary N) is 1. The number of piperidine rings is 1. The summed E-state index contributed by atoms with van der Waals surface area (Å²) in [6.07, 6.45) is 5.48. The molecule has 0 spiro atoms. The van der Waals surface area contributed by atoms with Gasteiger partial charge in [-0.25, -0.2) is 28.8 Å². The lowest BCUT2D eigenvalue weighted by atomic mass is 9.89. The molecule has 2 aromatic carbocycles. The maximum Gasteiger partial charge on any atom is 0.421 e. The SMILES string of the molecule is CC[C@H](C)[C@@H]([C@@H](CC(=O)N1CCC[C@H]1[C@H](OC)[C@@H](C)C(=O)N[C@@H](Cc1ccccc1)c1nccs1)OC)N(C)C(=O)[C@@H](NC(=O)[C@@H]1[C@H]2CC[C@H](C2)N1C(=O)OCc1ccc(NC(=O)[C@H](CCCNC(N)=O)NC(=O)[C@@H](NC(=O)CCOCCN2C(=O)C=CC2=O)C(C)C)cc1COCc1cn(CCOC(=O)NS(=O)(=O)NCCOCCOCCOCCC(=O)O)nn1)C(C)C. The van der Waals surface area contributed by atoms with Gasteiger partial charge in [0.25, 0.3) is 11.8 Å². The van der Waals surface area contributed by atoms with E-state index in [0.717, 1.165) is 27.6 Å². The van der Waals surface area contributed by atoms with Gasteiger partial charge in [0.05, 0.1) is 134 Å². The van der Waals surface area contributed by atoms with E-state index in [4.69, 9.17) is 53.5 Å². The number of likely N-dealkylation sites (N-methyl/N-ethyl adjacent to an activating group) is 1. The Hall–Kier alpha value is -10.7. The number of nitrogens with zero attached hydrogens (tertiary/aromatic N) is 8. The van der Waals surface area contributed by atoms with Crippen molar-refractivity contribution in [1.82, 2.24) is 75.6 Å². The van der Waals surface area contributed by atoms with Crippen LogP contribution < -0.4 is 47.1 Å². The highest BCUT2D eigenvalue weighted by Gasteiger charge is 2.53. The lowest BCUT2D eigenvalue weighted by molar-refractivity contribution is -0.148. The van der Waals surface area contributed by atoms with Gasteiger partial charge in [0.2, 0.25) is 41.4 Å². The predicted octanol–water partition coefficient (Wildman–Crippen LogP) is 3.53. The topological polar surface area (TPSA) is 538 Å². The number of fused-ring (bicyclic) bond motifs is 2. The summed E-state index contributed by atoms with van der Waals surface area (Å²) in [5.74, 6) is -7.67. The van der Waals surface area contributed by atoms with E-state index in [-0.39, 0.29) is 166 Å². The number of carboxylic acid groups (broad SMARTS) is 1. The summed E-state index contributed by atoms with van der Waals surface area (Å²) in [7, 11) is 0.314. The number of benzene rings is 2. The molecule has 0 unspecified atom stereocenters. The number of nitrogens with one attached hydrogen (secondary N) is 8.